The first-order chi connectivity index (χ1) is 8.58. The number of rotatable bonds is 5. The Morgan fingerprint density at radius 1 is 1.22 bits per heavy atom. The van der Waals surface area contributed by atoms with E-state index in [0.717, 1.165) is 16.2 Å². The number of hydrogen-bond acceptors (Lipinski definition) is 7. The van der Waals surface area contributed by atoms with Gasteiger partial charge in [-0.05, 0) is 0 Å². The Hall–Kier alpha value is -1.96. The van der Waals surface area contributed by atoms with Gasteiger partial charge in [0.25, 0.3) is 5.91 Å². The zero-order chi connectivity index (χ0) is 13.5. The number of methoxy groups -OCH3 is 2. The molecule has 0 aliphatic heterocycles. The fourth-order valence-corrected chi connectivity index (χ4v) is 1.70. The summed E-state index contributed by atoms with van der Waals surface area (Å²) in [6.07, 6.45) is 1.37. The topological polar surface area (TPSA) is 85.8 Å². The maximum atomic E-state index is 12.0. The molecule has 0 saturated heterocycles. The Bertz CT molecular complexity index is 413. The molecule has 1 aromatic rings. The minimum atomic E-state index is -0.614. The number of aromatic nitrogens is 1. The van der Waals surface area contributed by atoms with Crippen molar-refractivity contribution in [1.29, 1.82) is 0 Å². The monoisotopic (exact) mass is 272 g/mol. The number of hydrogen-bond donors (Lipinski definition) is 0. The highest BCUT2D eigenvalue weighted by atomic mass is 32.1. The van der Waals surface area contributed by atoms with Crippen molar-refractivity contribution in [2.45, 2.75) is 0 Å². The van der Waals surface area contributed by atoms with Crippen LogP contribution in [0.5, 0.6) is 0 Å². The Morgan fingerprint density at radius 3 is 2.17 bits per heavy atom. The highest BCUT2D eigenvalue weighted by Crippen LogP contribution is 2.10. The average Bonchev–Trinajstić information content (AvgIpc) is 2.90. The normalized spacial score (nSPS) is 9.67. The molecule has 1 aromatic heterocycles. The average molecular weight is 272 g/mol. The molecule has 7 nitrogen and oxygen atoms in total. The third-order valence-electron chi connectivity index (χ3n) is 2.03. The second-order valence-corrected chi connectivity index (χ2v) is 4.07. The van der Waals surface area contributed by atoms with Crippen LogP contribution in [0.25, 0.3) is 0 Å². The van der Waals surface area contributed by atoms with Crippen LogP contribution in [0, 0.1) is 0 Å². The van der Waals surface area contributed by atoms with Crippen LogP contribution in [0.2, 0.25) is 0 Å². The number of carbonyl (C=O) groups excluding carboxylic acids is 3. The summed E-state index contributed by atoms with van der Waals surface area (Å²) in [5.74, 6) is -1.69. The Labute approximate surface area is 107 Å². The van der Waals surface area contributed by atoms with Crippen LogP contribution in [0.4, 0.5) is 0 Å². The first-order valence-corrected chi connectivity index (χ1v) is 5.77. The highest BCUT2D eigenvalue weighted by Gasteiger charge is 2.23. The van der Waals surface area contributed by atoms with Gasteiger partial charge in [0.1, 0.15) is 18.0 Å². The molecule has 0 aliphatic carbocycles. The quantitative estimate of drug-likeness (QED) is 0.697. The maximum Gasteiger partial charge on any atom is 0.325 e. The largest absolute Gasteiger partial charge is 0.468 e. The van der Waals surface area contributed by atoms with Gasteiger partial charge in [-0.3, -0.25) is 19.4 Å². The molecule has 0 radical (unpaired) electrons. The molecule has 18 heavy (non-hydrogen) atoms. The predicted molar refractivity (Wildman–Crippen MR) is 62.0 cm³/mol. The number of amides is 1. The Morgan fingerprint density at radius 2 is 1.78 bits per heavy atom. The molecule has 1 heterocycles. The summed E-state index contributed by atoms with van der Waals surface area (Å²) < 4.78 is 8.93. The first kappa shape index (κ1) is 14.1. The van der Waals surface area contributed by atoms with E-state index in [9.17, 15) is 14.4 Å². The minimum absolute atomic E-state index is 0.317. The summed E-state index contributed by atoms with van der Waals surface area (Å²) >= 11 is 1.12. The van der Waals surface area contributed by atoms with Crippen molar-refractivity contribution in [2.75, 3.05) is 27.3 Å². The van der Waals surface area contributed by atoms with Gasteiger partial charge >= 0.3 is 11.9 Å². The molecule has 0 fully saturated rings. The van der Waals surface area contributed by atoms with Crippen molar-refractivity contribution in [3.8, 4) is 0 Å². The van der Waals surface area contributed by atoms with E-state index in [0.29, 0.717) is 4.88 Å². The van der Waals surface area contributed by atoms with Crippen LogP contribution in [0.1, 0.15) is 9.67 Å². The lowest BCUT2D eigenvalue weighted by Gasteiger charge is -2.18. The third-order valence-corrected chi connectivity index (χ3v) is 2.79. The predicted octanol–water partition coefficient (Wildman–Crippen LogP) is -0.0687. The summed E-state index contributed by atoms with van der Waals surface area (Å²) in [6, 6.07) is 0. The van der Waals surface area contributed by atoms with Gasteiger partial charge in [0, 0.05) is 0 Å². The van der Waals surface area contributed by atoms with Gasteiger partial charge in [0.15, 0.2) is 0 Å². The van der Waals surface area contributed by atoms with Crippen molar-refractivity contribution >= 4 is 29.2 Å². The molecule has 1 rings (SSSR count). The van der Waals surface area contributed by atoms with Crippen LogP contribution < -0.4 is 0 Å². The van der Waals surface area contributed by atoms with Gasteiger partial charge in [-0.25, -0.2) is 0 Å². The standard InChI is InChI=1S/C10H12N2O5S/c1-16-8(13)4-12(5-9(14)17-2)10(15)7-3-11-6-18-7/h3,6H,4-5H2,1-2H3. The van der Waals surface area contributed by atoms with Gasteiger partial charge in [-0.15, -0.1) is 11.3 Å². The molecule has 0 aliphatic rings. The van der Waals surface area contributed by atoms with Gasteiger partial charge in [-0.2, -0.15) is 0 Å². The van der Waals surface area contributed by atoms with E-state index in [-0.39, 0.29) is 13.1 Å². The second kappa shape index (κ2) is 6.70. The second-order valence-electron chi connectivity index (χ2n) is 3.18. The molecule has 0 spiro atoms. The zero-order valence-corrected chi connectivity index (χ0v) is 10.7. The van der Waals surface area contributed by atoms with Crippen LogP contribution in [0.15, 0.2) is 11.7 Å². The van der Waals surface area contributed by atoms with Crippen molar-refractivity contribution < 1.29 is 23.9 Å². The molecule has 0 aromatic carbocycles. The first-order valence-electron chi connectivity index (χ1n) is 4.90. The zero-order valence-electron chi connectivity index (χ0n) is 9.91. The number of carbonyl (C=O) groups is 3. The lowest BCUT2D eigenvalue weighted by Crippen LogP contribution is -2.39. The highest BCUT2D eigenvalue weighted by molar-refractivity contribution is 7.11. The lowest BCUT2D eigenvalue weighted by molar-refractivity contribution is -0.144. The summed E-state index contributed by atoms with van der Waals surface area (Å²) in [6.45, 7) is -0.634. The number of esters is 2. The summed E-state index contributed by atoms with van der Waals surface area (Å²) in [7, 11) is 2.41. The van der Waals surface area contributed by atoms with Crippen LogP contribution in [-0.4, -0.2) is 55.0 Å². The van der Waals surface area contributed by atoms with E-state index in [4.69, 9.17) is 0 Å². The van der Waals surface area contributed by atoms with Gasteiger partial charge in [-0.1, -0.05) is 0 Å². The molecule has 0 atom stereocenters. The van der Waals surface area contributed by atoms with Crippen molar-refractivity contribution in [1.82, 2.24) is 9.88 Å². The summed E-state index contributed by atoms with van der Waals surface area (Å²) in [5.41, 5.74) is 1.49. The smallest absolute Gasteiger partial charge is 0.325 e. The van der Waals surface area contributed by atoms with Gasteiger partial charge in [0.05, 0.1) is 25.9 Å². The number of thiazole rings is 1. The van der Waals surface area contributed by atoms with E-state index in [1.165, 1.54) is 25.9 Å². The number of ether oxygens (including phenoxy) is 2. The van der Waals surface area contributed by atoms with Crippen molar-refractivity contribution in [3.05, 3.63) is 16.6 Å². The Balaban J connectivity index is 2.79. The lowest BCUT2D eigenvalue weighted by atomic mass is 10.4. The SMILES string of the molecule is COC(=O)CN(CC(=O)OC)C(=O)c1cncs1. The molecular weight excluding hydrogens is 260 g/mol. The molecule has 0 saturated carbocycles. The number of nitrogens with zero attached hydrogens (tertiary/aromatic N) is 2. The third kappa shape index (κ3) is 3.81. The van der Waals surface area contributed by atoms with E-state index < -0.39 is 17.8 Å². The van der Waals surface area contributed by atoms with Crippen molar-refractivity contribution in [3.63, 3.8) is 0 Å². The van der Waals surface area contributed by atoms with Crippen molar-refractivity contribution in [2.24, 2.45) is 0 Å². The maximum absolute atomic E-state index is 12.0. The van der Waals surface area contributed by atoms with E-state index in [1.54, 1.807) is 0 Å². The van der Waals surface area contributed by atoms with E-state index in [1.807, 2.05) is 0 Å². The minimum Gasteiger partial charge on any atom is -0.468 e. The molecule has 1 amide bonds. The van der Waals surface area contributed by atoms with E-state index in [2.05, 4.69) is 14.5 Å². The molecule has 8 heteroatoms. The fraction of sp³-hybridized carbons (Fsp3) is 0.400. The summed E-state index contributed by atoms with van der Waals surface area (Å²) in [4.78, 5) is 39.5. The Kier molecular flexibility index (Phi) is 5.25. The van der Waals surface area contributed by atoms with E-state index >= 15 is 0 Å². The van der Waals surface area contributed by atoms with Crippen LogP contribution in [-0.2, 0) is 19.1 Å². The molecule has 0 bridgehead atoms. The summed E-state index contributed by atoms with van der Waals surface area (Å²) in [5, 5.41) is 0. The molecular formula is C10H12N2O5S. The van der Waals surface area contributed by atoms with Gasteiger partial charge in [0.2, 0.25) is 0 Å². The molecule has 0 unspecified atom stereocenters. The molecule has 0 N–H and O–H groups in total. The van der Waals surface area contributed by atoms with Crippen LogP contribution in [0.3, 0.4) is 0 Å². The fourth-order valence-electron chi connectivity index (χ4n) is 1.12. The van der Waals surface area contributed by atoms with Gasteiger partial charge < -0.3 is 14.4 Å². The molecule has 98 valence electrons. The van der Waals surface area contributed by atoms with Crippen LogP contribution >= 0.6 is 11.3 Å².